The molecular weight excluding hydrogens is 192 g/mol. The van der Waals surface area contributed by atoms with Crippen LogP contribution in [0.25, 0.3) is 0 Å². The van der Waals surface area contributed by atoms with Gasteiger partial charge in [0, 0.05) is 12.6 Å². The van der Waals surface area contributed by atoms with E-state index in [1.165, 1.54) is 0 Å². The van der Waals surface area contributed by atoms with E-state index in [9.17, 15) is 9.90 Å². The zero-order valence-electron chi connectivity index (χ0n) is 10.2. The summed E-state index contributed by atoms with van der Waals surface area (Å²) in [6, 6.07) is -0.0923. The molecule has 1 unspecified atom stereocenters. The van der Waals surface area contributed by atoms with Gasteiger partial charge in [0.15, 0.2) is 0 Å². The van der Waals surface area contributed by atoms with Crippen LogP contribution >= 0.6 is 0 Å². The van der Waals surface area contributed by atoms with E-state index in [4.69, 9.17) is 0 Å². The highest BCUT2D eigenvalue weighted by atomic mass is 16.3. The fourth-order valence-electron chi connectivity index (χ4n) is 1.51. The van der Waals surface area contributed by atoms with Crippen LogP contribution in [0.4, 0.5) is 4.79 Å². The van der Waals surface area contributed by atoms with Crippen LogP contribution in [0.2, 0.25) is 0 Å². The SMILES string of the molecule is CCC(CC)C(O)CNC(=O)NC(C)C. The lowest BCUT2D eigenvalue weighted by atomic mass is 9.97. The van der Waals surface area contributed by atoms with Gasteiger partial charge in [-0.3, -0.25) is 0 Å². The monoisotopic (exact) mass is 216 g/mol. The van der Waals surface area contributed by atoms with Gasteiger partial charge in [0.1, 0.15) is 0 Å². The van der Waals surface area contributed by atoms with Crippen molar-refractivity contribution >= 4 is 6.03 Å². The Morgan fingerprint density at radius 2 is 1.80 bits per heavy atom. The highest BCUT2D eigenvalue weighted by Gasteiger charge is 2.16. The number of amides is 2. The number of rotatable bonds is 6. The topological polar surface area (TPSA) is 61.4 Å². The quantitative estimate of drug-likeness (QED) is 0.630. The van der Waals surface area contributed by atoms with Crippen molar-refractivity contribution in [2.24, 2.45) is 5.92 Å². The molecule has 0 heterocycles. The Balaban J connectivity index is 3.78. The van der Waals surface area contributed by atoms with E-state index in [-0.39, 0.29) is 18.0 Å². The van der Waals surface area contributed by atoms with Crippen molar-refractivity contribution in [2.45, 2.75) is 52.7 Å². The smallest absolute Gasteiger partial charge is 0.315 e. The lowest BCUT2D eigenvalue weighted by Gasteiger charge is -2.20. The molecule has 3 N–H and O–H groups in total. The van der Waals surface area contributed by atoms with E-state index in [1.54, 1.807) is 0 Å². The van der Waals surface area contributed by atoms with E-state index in [1.807, 2.05) is 27.7 Å². The lowest BCUT2D eigenvalue weighted by molar-refractivity contribution is 0.103. The molecule has 0 spiro atoms. The van der Waals surface area contributed by atoms with Crippen LogP contribution in [-0.4, -0.2) is 29.8 Å². The summed E-state index contributed by atoms with van der Waals surface area (Å²) in [5, 5.41) is 15.1. The van der Waals surface area contributed by atoms with Gasteiger partial charge in [-0.2, -0.15) is 0 Å². The van der Waals surface area contributed by atoms with Crippen LogP contribution in [-0.2, 0) is 0 Å². The molecule has 0 aromatic rings. The maximum absolute atomic E-state index is 11.2. The minimum absolute atomic E-state index is 0.121. The van der Waals surface area contributed by atoms with Crippen molar-refractivity contribution in [2.75, 3.05) is 6.54 Å². The Hall–Kier alpha value is -0.770. The number of carbonyl (C=O) groups is 1. The molecule has 0 aromatic heterocycles. The summed E-state index contributed by atoms with van der Waals surface area (Å²) < 4.78 is 0. The number of hydrogen-bond donors (Lipinski definition) is 3. The number of hydrogen-bond acceptors (Lipinski definition) is 2. The maximum Gasteiger partial charge on any atom is 0.315 e. The Labute approximate surface area is 92.4 Å². The standard InChI is InChI=1S/C11H24N2O2/c1-5-9(6-2)10(14)7-12-11(15)13-8(3)4/h8-10,14H,5-7H2,1-4H3,(H2,12,13,15). The van der Waals surface area contributed by atoms with Crippen molar-refractivity contribution in [3.05, 3.63) is 0 Å². The summed E-state index contributed by atoms with van der Waals surface area (Å²) in [6.07, 6.45) is 1.42. The molecule has 0 aliphatic carbocycles. The molecule has 90 valence electrons. The molecular formula is C11H24N2O2. The van der Waals surface area contributed by atoms with Crippen molar-refractivity contribution in [1.82, 2.24) is 10.6 Å². The Kier molecular flexibility index (Phi) is 7.13. The summed E-state index contributed by atoms with van der Waals surface area (Å²) in [7, 11) is 0. The average Bonchev–Trinajstić information content (AvgIpc) is 2.15. The largest absolute Gasteiger partial charge is 0.391 e. The van der Waals surface area contributed by atoms with Crippen molar-refractivity contribution < 1.29 is 9.90 Å². The number of aliphatic hydroxyl groups is 1. The van der Waals surface area contributed by atoms with Gasteiger partial charge in [0.25, 0.3) is 0 Å². The van der Waals surface area contributed by atoms with E-state index in [0.717, 1.165) is 12.8 Å². The molecule has 0 fully saturated rings. The molecule has 2 amide bonds. The van der Waals surface area contributed by atoms with Crippen LogP contribution in [0.3, 0.4) is 0 Å². The third-order valence-electron chi connectivity index (χ3n) is 2.48. The molecule has 1 atom stereocenters. The summed E-state index contributed by atoms with van der Waals surface area (Å²) in [4.78, 5) is 11.2. The van der Waals surface area contributed by atoms with Crippen LogP contribution in [0.1, 0.15) is 40.5 Å². The van der Waals surface area contributed by atoms with Gasteiger partial charge in [0.2, 0.25) is 0 Å². The molecule has 0 radical (unpaired) electrons. The molecule has 0 saturated carbocycles. The van der Waals surface area contributed by atoms with Gasteiger partial charge in [-0.25, -0.2) is 4.79 Å². The second kappa shape index (κ2) is 7.51. The number of urea groups is 1. The first-order valence-electron chi connectivity index (χ1n) is 5.73. The van der Waals surface area contributed by atoms with Crippen molar-refractivity contribution in [3.8, 4) is 0 Å². The average molecular weight is 216 g/mol. The Bertz CT molecular complexity index is 179. The highest BCUT2D eigenvalue weighted by molar-refractivity contribution is 5.74. The Morgan fingerprint density at radius 3 is 2.20 bits per heavy atom. The van der Waals surface area contributed by atoms with Crippen LogP contribution in [0, 0.1) is 5.92 Å². The van der Waals surface area contributed by atoms with Gasteiger partial charge < -0.3 is 15.7 Å². The summed E-state index contributed by atoms with van der Waals surface area (Å²) >= 11 is 0. The fraction of sp³-hybridized carbons (Fsp3) is 0.909. The fourth-order valence-corrected chi connectivity index (χ4v) is 1.51. The maximum atomic E-state index is 11.2. The highest BCUT2D eigenvalue weighted by Crippen LogP contribution is 2.11. The van der Waals surface area contributed by atoms with Gasteiger partial charge in [0.05, 0.1) is 6.10 Å². The first kappa shape index (κ1) is 14.2. The molecule has 0 rings (SSSR count). The minimum atomic E-state index is -0.446. The van der Waals surface area contributed by atoms with Crippen LogP contribution < -0.4 is 10.6 Å². The predicted octanol–water partition coefficient (Wildman–Crippen LogP) is 1.49. The van der Waals surface area contributed by atoms with Gasteiger partial charge in [-0.1, -0.05) is 26.7 Å². The molecule has 0 aromatic carbocycles. The van der Waals surface area contributed by atoms with Gasteiger partial charge in [-0.15, -0.1) is 0 Å². The van der Waals surface area contributed by atoms with E-state index in [0.29, 0.717) is 6.54 Å². The minimum Gasteiger partial charge on any atom is -0.391 e. The normalized spacial score (nSPS) is 13.0. The Morgan fingerprint density at radius 1 is 1.27 bits per heavy atom. The summed E-state index contributed by atoms with van der Waals surface area (Å²) in [5.74, 6) is 0.268. The summed E-state index contributed by atoms with van der Waals surface area (Å²) in [6.45, 7) is 8.22. The van der Waals surface area contributed by atoms with E-state index < -0.39 is 6.10 Å². The second-order valence-electron chi connectivity index (χ2n) is 4.15. The van der Waals surface area contributed by atoms with E-state index >= 15 is 0 Å². The van der Waals surface area contributed by atoms with Crippen LogP contribution in [0.5, 0.6) is 0 Å². The van der Waals surface area contributed by atoms with Crippen LogP contribution in [0.15, 0.2) is 0 Å². The second-order valence-corrected chi connectivity index (χ2v) is 4.15. The third-order valence-corrected chi connectivity index (χ3v) is 2.48. The predicted molar refractivity (Wildman–Crippen MR) is 61.7 cm³/mol. The van der Waals surface area contributed by atoms with E-state index in [2.05, 4.69) is 10.6 Å². The molecule has 0 saturated heterocycles. The third kappa shape index (κ3) is 6.33. The van der Waals surface area contributed by atoms with Gasteiger partial charge >= 0.3 is 6.03 Å². The molecule has 4 heteroatoms. The number of aliphatic hydroxyl groups excluding tert-OH is 1. The van der Waals surface area contributed by atoms with Gasteiger partial charge in [-0.05, 0) is 19.8 Å². The summed E-state index contributed by atoms with van der Waals surface area (Å²) in [5.41, 5.74) is 0. The lowest BCUT2D eigenvalue weighted by Crippen LogP contribution is -2.44. The zero-order valence-corrected chi connectivity index (χ0v) is 10.2. The van der Waals surface area contributed by atoms with Crippen molar-refractivity contribution in [1.29, 1.82) is 0 Å². The molecule has 0 aliphatic rings. The molecule has 4 nitrogen and oxygen atoms in total. The number of nitrogens with one attached hydrogen (secondary N) is 2. The number of carbonyl (C=O) groups excluding carboxylic acids is 1. The zero-order chi connectivity index (χ0) is 11.8. The molecule has 0 aliphatic heterocycles. The van der Waals surface area contributed by atoms with Crippen molar-refractivity contribution in [3.63, 3.8) is 0 Å². The first-order valence-corrected chi connectivity index (χ1v) is 5.73. The molecule has 0 bridgehead atoms. The first-order chi connectivity index (χ1) is 7.01. The molecule has 15 heavy (non-hydrogen) atoms.